The fourth-order valence-corrected chi connectivity index (χ4v) is 2.39. The SMILES string of the molecule is CCNC(=O)CN(CCCN)C1CCCC1. The molecule has 3 N–H and O–H groups in total. The molecule has 1 aliphatic carbocycles. The van der Waals surface area contributed by atoms with Crippen molar-refractivity contribution >= 4 is 5.91 Å². The molecule has 0 heterocycles. The Bertz CT molecular complexity index is 202. The van der Waals surface area contributed by atoms with E-state index in [1.54, 1.807) is 0 Å². The molecule has 0 bridgehead atoms. The summed E-state index contributed by atoms with van der Waals surface area (Å²) in [4.78, 5) is 13.9. The summed E-state index contributed by atoms with van der Waals surface area (Å²) in [6.07, 6.45) is 6.07. The molecule has 4 nitrogen and oxygen atoms in total. The lowest BCUT2D eigenvalue weighted by Crippen LogP contribution is -2.42. The summed E-state index contributed by atoms with van der Waals surface area (Å²) in [5, 5.41) is 2.86. The van der Waals surface area contributed by atoms with Crippen LogP contribution in [0.4, 0.5) is 0 Å². The van der Waals surface area contributed by atoms with Gasteiger partial charge in [-0.2, -0.15) is 0 Å². The zero-order valence-electron chi connectivity index (χ0n) is 10.4. The van der Waals surface area contributed by atoms with Crippen LogP contribution in [0, 0.1) is 0 Å². The Labute approximate surface area is 98.6 Å². The predicted octanol–water partition coefficient (Wildman–Crippen LogP) is 0.716. The molecule has 1 amide bonds. The van der Waals surface area contributed by atoms with Gasteiger partial charge in [-0.15, -0.1) is 0 Å². The Hall–Kier alpha value is -0.610. The van der Waals surface area contributed by atoms with Crippen molar-refractivity contribution in [3.63, 3.8) is 0 Å². The predicted molar refractivity (Wildman–Crippen MR) is 66.2 cm³/mol. The first kappa shape index (κ1) is 13.5. The minimum absolute atomic E-state index is 0.145. The molecule has 0 aromatic rings. The highest BCUT2D eigenvalue weighted by Gasteiger charge is 2.23. The van der Waals surface area contributed by atoms with Crippen molar-refractivity contribution in [3.05, 3.63) is 0 Å². The quantitative estimate of drug-likeness (QED) is 0.673. The first-order valence-electron chi connectivity index (χ1n) is 6.48. The standard InChI is InChI=1S/C12H25N3O/c1-2-14-12(16)10-15(9-5-8-13)11-6-3-4-7-11/h11H,2-10,13H2,1H3,(H,14,16). The highest BCUT2D eigenvalue weighted by Crippen LogP contribution is 2.23. The molecule has 0 aromatic heterocycles. The smallest absolute Gasteiger partial charge is 0.234 e. The third kappa shape index (κ3) is 4.49. The number of carbonyl (C=O) groups is 1. The molecule has 16 heavy (non-hydrogen) atoms. The van der Waals surface area contributed by atoms with Crippen molar-refractivity contribution in [2.75, 3.05) is 26.2 Å². The second-order valence-electron chi connectivity index (χ2n) is 4.50. The van der Waals surface area contributed by atoms with Gasteiger partial charge < -0.3 is 11.1 Å². The van der Waals surface area contributed by atoms with E-state index in [4.69, 9.17) is 5.73 Å². The van der Waals surface area contributed by atoms with Gasteiger partial charge in [0, 0.05) is 19.1 Å². The van der Waals surface area contributed by atoms with Crippen LogP contribution in [0.15, 0.2) is 0 Å². The van der Waals surface area contributed by atoms with E-state index in [-0.39, 0.29) is 5.91 Å². The third-order valence-electron chi connectivity index (χ3n) is 3.21. The maximum Gasteiger partial charge on any atom is 0.234 e. The van der Waals surface area contributed by atoms with E-state index in [9.17, 15) is 4.79 Å². The molecular formula is C12H25N3O. The average Bonchev–Trinajstić information content (AvgIpc) is 2.77. The molecule has 4 heteroatoms. The number of amides is 1. The first-order chi connectivity index (χ1) is 7.77. The number of likely N-dealkylation sites (N-methyl/N-ethyl adjacent to an activating group) is 1. The Balaban J connectivity index is 2.39. The summed E-state index contributed by atoms with van der Waals surface area (Å²) >= 11 is 0. The lowest BCUT2D eigenvalue weighted by molar-refractivity contribution is -0.122. The Morgan fingerprint density at radius 1 is 1.44 bits per heavy atom. The summed E-state index contributed by atoms with van der Waals surface area (Å²) in [6, 6.07) is 0.606. The van der Waals surface area contributed by atoms with Crippen molar-refractivity contribution in [1.82, 2.24) is 10.2 Å². The number of nitrogens with zero attached hydrogens (tertiary/aromatic N) is 1. The minimum atomic E-state index is 0.145. The minimum Gasteiger partial charge on any atom is -0.355 e. The molecule has 94 valence electrons. The zero-order valence-corrected chi connectivity index (χ0v) is 10.4. The van der Waals surface area contributed by atoms with Gasteiger partial charge in [-0.1, -0.05) is 12.8 Å². The molecule has 0 atom stereocenters. The number of nitrogens with two attached hydrogens (primary N) is 1. The van der Waals surface area contributed by atoms with Crippen LogP contribution in [0.1, 0.15) is 39.0 Å². The van der Waals surface area contributed by atoms with Crippen molar-refractivity contribution in [3.8, 4) is 0 Å². The van der Waals surface area contributed by atoms with Crippen molar-refractivity contribution in [2.45, 2.75) is 45.1 Å². The largest absolute Gasteiger partial charge is 0.355 e. The normalized spacial score (nSPS) is 16.9. The Morgan fingerprint density at radius 2 is 2.12 bits per heavy atom. The molecule has 1 rings (SSSR count). The molecule has 1 saturated carbocycles. The monoisotopic (exact) mass is 227 g/mol. The lowest BCUT2D eigenvalue weighted by atomic mass is 10.2. The van der Waals surface area contributed by atoms with Gasteiger partial charge in [-0.3, -0.25) is 9.69 Å². The number of hydrogen-bond acceptors (Lipinski definition) is 3. The summed E-state index contributed by atoms with van der Waals surface area (Å²) in [7, 11) is 0. The van der Waals surface area contributed by atoms with Crippen LogP contribution in [0.5, 0.6) is 0 Å². The molecule has 0 saturated heterocycles. The Kier molecular flexibility index (Phi) is 6.42. The molecule has 0 radical (unpaired) electrons. The van der Waals surface area contributed by atoms with E-state index in [1.807, 2.05) is 6.92 Å². The van der Waals surface area contributed by atoms with E-state index in [1.165, 1.54) is 25.7 Å². The van der Waals surface area contributed by atoms with E-state index in [2.05, 4.69) is 10.2 Å². The van der Waals surface area contributed by atoms with Crippen LogP contribution in [0.25, 0.3) is 0 Å². The second kappa shape index (κ2) is 7.63. The third-order valence-corrected chi connectivity index (χ3v) is 3.21. The number of hydrogen-bond donors (Lipinski definition) is 2. The van der Waals surface area contributed by atoms with Gasteiger partial charge >= 0.3 is 0 Å². The number of rotatable bonds is 7. The molecular weight excluding hydrogens is 202 g/mol. The molecule has 0 unspecified atom stereocenters. The van der Waals surface area contributed by atoms with Crippen LogP contribution in [-0.2, 0) is 4.79 Å². The fraction of sp³-hybridized carbons (Fsp3) is 0.917. The van der Waals surface area contributed by atoms with Crippen molar-refractivity contribution in [1.29, 1.82) is 0 Å². The topological polar surface area (TPSA) is 58.4 Å². The molecule has 1 fully saturated rings. The van der Waals surface area contributed by atoms with E-state index in [0.717, 1.165) is 13.0 Å². The van der Waals surface area contributed by atoms with Gasteiger partial charge in [-0.25, -0.2) is 0 Å². The molecule has 0 aromatic carbocycles. The molecule has 0 spiro atoms. The van der Waals surface area contributed by atoms with E-state index < -0.39 is 0 Å². The molecule has 0 aliphatic heterocycles. The number of nitrogens with one attached hydrogen (secondary N) is 1. The van der Waals surface area contributed by atoms with E-state index >= 15 is 0 Å². The van der Waals surface area contributed by atoms with Crippen LogP contribution in [0.2, 0.25) is 0 Å². The summed E-state index contributed by atoms with van der Waals surface area (Å²) < 4.78 is 0. The fourth-order valence-electron chi connectivity index (χ4n) is 2.39. The van der Waals surface area contributed by atoms with Gasteiger partial charge in [0.2, 0.25) is 5.91 Å². The maximum atomic E-state index is 11.6. The van der Waals surface area contributed by atoms with Crippen molar-refractivity contribution in [2.24, 2.45) is 5.73 Å². The summed E-state index contributed by atoms with van der Waals surface area (Å²) in [5.41, 5.74) is 5.54. The van der Waals surface area contributed by atoms with Gasteiger partial charge in [0.25, 0.3) is 0 Å². The summed E-state index contributed by atoms with van der Waals surface area (Å²) in [5.74, 6) is 0.145. The van der Waals surface area contributed by atoms with Crippen LogP contribution >= 0.6 is 0 Å². The molecule has 1 aliphatic rings. The van der Waals surface area contributed by atoms with Crippen LogP contribution in [0.3, 0.4) is 0 Å². The highest BCUT2D eigenvalue weighted by molar-refractivity contribution is 5.77. The Morgan fingerprint density at radius 3 is 2.69 bits per heavy atom. The van der Waals surface area contributed by atoms with E-state index in [0.29, 0.717) is 25.7 Å². The maximum absolute atomic E-state index is 11.6. The first-order valence-corrected chi connectivity index (χ1v) is 6.48. The van der Waals surface area contributed by atoms with Gasteiger partial charge in [-0.05, 0) is 32.7 Å². The zero-order chi connectivity index (χ0) is 11.8. The van der Waals surface area contributed by atoms with Crippen LogP contribution in [-0.4, -0.2) is 43.0 Å². The average molecular weight is 227 g/mol. The van der Waals surface area contributed by atoms with Crippen LogP contribution < -0.4 is 11.1 Å². The van der Waals surface area contributed by atoms with Gasteiger partial charge in [0.05, 0.1) is 6.54 Å². The summed E-state index contributed by atoms with van der Waals surface area (Å²) in [6.45, 7) is 4.88. The van der Waals surface area contributed by atoms with Crippen molar-refractivity contribution < 1.29 is 4.79 Å². The van der Waals surface area contributed by atoms with Gasteiger partial charge in [0.1, 0.15) is 0 Å². The van der Waals surface area contributed by atoms with Gasteiger partial charge in [0.15, 0.2) is 0 Å². The lowest BCUT2D eigenvalue weighted by Gasteiger charge is -2.27. The second-order valence-corrected chi connectivity index (χ2v) is 4.50. The highest BCUT2D eigenvalue weighted by atomic mass is 16.2. The number of carbonyl (C=O) groups excluding carboxylic acids is 1.